The Labute approximate surface area is 186 Å². The van der Waals surface area contributed by atoms with E-state index in [0.717, 1.165) is 18.3 Å². The second-order valence-corrected chi connectivity index (χ2v) is 13.5. The summed E-state index contributed by atoms with van der Waals surface area (Å²) in [5.41, 5.74) is 0.774. The zero-order chi connectivity index (χ0) is 21.0. The number of nitrogens with zero attached hydrogens (tertiary/aromatic N) is 1. The Morgan fingerprint density at radius 3 is 2.33 bits per heavy atom. The van der Waals surface area contributed by atoms with Gasteiger partial charge in [0, 0.05) is 29.5 Å². The average Bonchev–Trinajstić information content (AvgIpc) is 2.66. The monoisotopic (exact) mass is 496 g/mol. The predicted molar refractivity (Wildman–Crippen MR) is 118 cm³/mol. The zero-order valence-corrected chi connectivity index (χ0v) is 19.5. The SMILES string of the molecule is O=C(CC12C[C@H]3C[C@@H](CC(Br)(C3)C1)C2)Nc1ccc(S(=O)(=O)N2CCOCC2)cc1. The molecular formula is C22H29BrN2O4S. The fourth-order valence-electron chi connectivity index (χ4n) is 6.73. The van der Waals surface area contributed by atoms with Gasteiger partial charge < -0.3 is 10.1 Å². The molecule has 0 unspecified atom stereocenters. The summed E-state index contributed by atoms with van der Waals surface area (Å²) >= 11 is 4.01. The number of ether oxygens (including phenoxy) is 1. The third kappa shape index (κ3) is 3.96. The lowest BCUT2D eigenvalue weighted by atomic mass is 9.48. The molecule has 6 rings (SSSR count). The lowest BCUT2D eigenvalue weighted by Crippen LogP contribution is -2.53. The highest BCUT2D eigenvalue weighted by Gasteiger charge is 2.57. The van der Waals surface area contributed by atoms with Gasteiger partial charge in [0.1, 0.15) is 0 Å². The summed E-state index contributed by atoms with van der Waals surface area (Å²) in [6.07, 6.45) is 7.83. The lowest BCUT2D eigenvalue weighted by molar-refractivity contribution is -0.123. The minimum absolute atomic E-state index is 0.0387. The topological polar surface area (TPSA) is 75.7 Å². The number of carbonyl (C=O) groups is 1. The van der Waals surface area contributed by atoms with E-state index >= 15 is 0 Å². The molecule has 1 amide bonds. The molecule has 5 aliphatic rings. The third-order valence-corrected chi connectivity index (χ3v) is 10.2. The van der Waals surface area contributed by atoms with Gasteiger partial charge in [-0.05, 0) is 80.0 Å². The Hall–Kier alpha value is -0.960. The Balaban J connectivity index is 1.24. The van der Waals surface area contributed by atoms with E-state index in [1.807, 2.05) is 0 Å². The quantitative estimate of drug-likeness (QED) is 0.629. The van der Waals surface area contributed by atoms with Crippen LogP contribution in [0.1, 0.15) is 44.9 Å². The van der Waals surface area contributed by atoms with Gasteiger partial charge in [0.15, 0.2) is 0 Å². The molecule has 164 valence electrons. The number of amides is 1. The summed E-state index contributed by atoms with van der Waals surface area (Å²) in [7, 11) is -3.51. The van der Waals surface area contributed by atoms with Crippen LogP contribution in [-0.2, 0) is 19.6 Å². The van der Waals surface area contributed by atoms with Crippen molar-refractivity contribution >= 4 is 37.5 Å². The molecule has 1 aliphatic heterocycles. The average molecular weight is 497 g/mol. The fraction of sp³-hybridized carbons (Fsp3) is 0.682. The first-order valence-electron chi connectivity index (χ1n) is 10.9. The predicted octanol–water partition coefficient (Wildman–Crippen LogP) is 3.77. The van der Waals surface area contributed by atoms with Crippen LogP contribution in [0.15, 0.2) is 29.2 Å². The van der Waals surface area contributed by atoms with Gasteiger partial charge >= 0.3 is 0 Å². The number of benzene rings is 1. The molecule has 1 saturated heterocycles. The number of nitrogens with one attached hydrogen (secondary N) is 1. The van der Waals surface area contributed by atoms with Gasteiger partial charge in [0.2, 0.25) is 15.9 Å². The van der Waals surface area contributed by atoms with Crippen molar-refractivity contribution in [3.8, 4) is 0 Å². The molecule has 1 N–H and O–H groups in total. The first-order chi connectivity index (χ1) is 14.3. The fourth-order valence-corrected chi connectivity index (χ4v) is 9.65. The van der Waals surface area contributed by atoms with E-state index in [4.69, 9.17) is 4.74 Å². The Bertz CT molecular complexity index is 913. The Kier molecular flexibility index (Phi) is 5.28. The molecule has 0 aromatic heterocycles. The number of rotatable bonds is 5. The van der Waals surface area contributed by atoms with E-state index in [9.17, 15) is 13.2 Å². The molecule has 2 atom stereocenters. The lowest BCUT2D eigenvalue weighted by Gasteiger charge is -2.60. The van der Waals surface area contributed by atoms with Gasteiger partial charge in [-0.1, -0.05) is 15.9 Å². The maximum absolute atomic E-state index is 12.9. The van der Waals surface area contributed by atoms with E-state index in [2.05, 4.69) is 21.2 Å². The Morgan fingerprint density at radius 1 is 1.10 bits per heavy atom. The van der Waals surface area contributed by atoms with E-state index in [1.54, 1.807) is 24.3 Å². The van der Waals surface area contributed by atoms with Crippen LogP contribution in [0.25, 0.3) is 0 Å². The summed E-state index contributed by atoms with van der Waals surface area (Å²) in [6.45, 7) is 1.60. The smallest absolute Gasteiger partial charge is 0.243 e. The molecule has 4 bridgehead atoms. The van der Waals surface area contributed by atoms with Crippen molar-refractivity contribution in [2.75, 3.05) is 31.6 Å². The van der Waals surface area contributed by atoms with Gasteiger partial charge in [-0.15, -0.1) is 0 Å². The van der Waals surface area contributed by atoms with Crippen LogP contribution in [0.2, 0.25) is 0 Å². The molecule has 0 spiro atoms. The maximum atomic E-state index is 12.9. The highest BCUT2D eigenvalue weighted by atomic mass is 79.9. The summed E-state index contributed by atoms with van der Waals surface area (Å²) in [6, 6.07) is 6.55. The van der Waals surface area contributed by atoms with Crippen LogP contribution in [0.4, 0.5) is 5.69 Å². The highest BCUT2D eigenvalue weighted by Crippen LogP contribution is 2.65. The number of morpholine rings is 1. The molecule has 1 heterocycles. The van der Waals surface area contributed by atoms with E-state index < -0.39 is 10.0 Å². The largest absolute Gasteiger partial charge is 0.379 e. The second kappa shape index (κ2) is 7.57. The van der Waals surface area contributed by atoms with Crippen LogP contribution in [0.5, 0.6) is 0 Å². The summed E-state index contributed by atoms with van der Waals surface area (Å²) in [4.78, 5) is 13.1. The van der Waals surface area contributed by atoms with Crippen molar-refractivity contribution in [2.45, 2.75) is 54.2 Å². The van der Waals surface area contributed by atoms with E-state index in [1.165, 1.54) is 36.4 Å². The van der Waals surface area contributed by atoms with Crippen molar-refractivity contribution < 1.29 is 17.9 Å². The minimum atomic E-state index is -3.51. The van der Waals surface area contributed by atoms with Crippen molar-refractivity contribution in [1.29, 1.82) is 0 Å². The molecular weight excluding hydrogens is 468 g/mol. The standard InChI is InChI=1S/C22H29BrN2O4S/c23-22-12-16-9-17(13-22)11-21(10-16,15-22)14-20(26)24-18-1-3-19(4-2-18)30(27,28)25-5-7-29-8-6-25/h1-4,16-17H,5-15H2,(H,24,26)/t16-,17-,21?,22?/m1/s1. The number of anilines is 1. The van der Waals surface area contributed by atoms with Gasteiger partial charge in [-0.3, -0.25) is 4.79 Å². The Morgan fingerprint density at radius 2 is 1.73 bits per heavy atom. The van der Waals surface area contributed by atoms with Crippen LogP contribution >= 0.6 is 15.9 Å². The molecule has 1 aromatic carbocycles. The molecule has 0 radical (unpaired) electrons. The van der Waals surface area contributed by atoms with Crippen LogP contribution in [-0.4, -0.2) is 49.3 Å². The van der Waals surface area contributed by atoms with Crippen molar-refractivity contribution in [2.24, 2.45) is 17.3 Å². The molecule has 4 saturated carbocycles. The maximum Gasteiger partial charge on any atom is 0.243 e. The van der Waals surface area contributed by atoms with Crippen LogP contribution in [0.3, 0.4) is 0 Å². The van der Waals surface area contributed by atoms with Crippen molar-refractivity contribution in [3.05, 3.63) is 24.3 Å². The number of carbonyl (C=O) groups excluding carboxylic acids is 1. The van der Waals surface area contributed by atoms with Gasteiger partial charge in [-0.25, -0.2) is 8.42 Å². The van der Waals surface area contributed by atoms with Gasteiger partial charge in [-0.2, -0.15) is 4.31 Å². The highest BCUT2D eigenvalue weighted by molar-refractivity contribution is 9.10. The van der Waals surface area contributed by atoms with Crippen molar-refractivity contribution in [1.82, 2.24) is 4.31 Å². The molecule has 6 nitrogen and oxygen atoms in total. The summed E-state index contributed by atoms with van der Waals surface area (Å²) < 4.78 is 32.4. The summed E-state index contributed by atoms with van der Waals surface area (Å²) in [5.74, 6) is 1.54. The number of sulfonamides is 1. The van der Waals surface area contributed by atoms with Gasteiger partial charge in [0.05, 0.1) is 18.1 Å². The molecule has 4 aliphatic carbocycles. The first kappa shape index (κ1) is 20.9. The first-order valence-corrected chi connectivity index (χ1v) is 13.2. The summed E-state index contributed by atoms with van der Waals surface area (Å²) in [5, 5.41) is 3.00. The number of hydrogen-bond acceptors (Lipinski definition) is 4. The molecule has 8 heteroatoms. The normalized spacial score (nSPS) is 36.0. The number of hydrogen-bond donors (Lipinski definition) is 1. The third-order valence-electron chi connectivity index (χ3n) is 7.39. The van der Waals surface area contributed by atoms with Crippen LogP contribution < -0.4 is 5.32 Å². The number of alkyl halides is 1. The second-order valence-electron chi connectivity index (χ2n) is 9.88. The van der Waals surface area contributed by atoms with Crippen LogP contribution in [0, 0.1) is 17.3 Å². The van der Waals surface area contributed by atoms with E-state index in [-0.39, 0.29) is 20.5 Å². The van der Waals surface area contributed by atoms with E-state index in [0.29, 0.717) is 38.4 Å². The zero-order valence-electron chi connectivity index (χ0n) is 17.1. The van der Waals surface area contributed by atoms with Crippen molar-refractivity contribution in [3.63, 3.8) is 0 Å². The minimum Gasteiger partial charge on any atom is -0.379 e. The molecule has 30 heavy (non-hydrogen) atoms. The van der Waals surface area contributed by atoms with Gasteiger partial charge in [0.25, 0.3) is 0 Å². The molecule has 5 fully saturated rings. The molecule has 1 aromatic rings. The number of halogens is 1.